The molecule has 0 aliphatic carbocycles. The van der Waals surface area contributed by atoms with Gasteiger partial charge in [0.25, 0.3) is 0 Å². The smallest absolute Gasteiger partial charge is 0.221 e. The predicted octanol–water partition coefficient (Wildman–Crippen LogP) is 6.56. The molecule has 2 N–H and O–H groups in total. The van der Waals surface area contributed by atoms with Gasteiger partial charge in [-0.1, -0.05) is 28.1 Å². The molecule has 0 bridgehead atoms. The van der Waals surface area contributed by atoms with E-state index in [0.717, 1.165) is 38.5 Å². The van der Waals surface area contributed by atoms with Gasteiger partial charge >= 0.3 is 0 Å². The normalized spacial score (nSPS) is 17.0. The Morgan fingerprint density at radius 1 is 1.16 bits per heavy atom. The molecule has 37 heavy (non-hydrogen) atoms. The first-order valence-corrected chi connectivity index (χ1v) is 12.9. The molecule has 9 heteroatoms. The van der Waals surface area contributed by atoms with Gasteiger partial charge in [0.15, 0.2) is 5.11 Å². The van der Waals surface area contributed by atoms with Crippen LogP contribution in [0.3, 0.4) is 0 Å². The molecule has 7 nitrogen and oxygen atoms in total. The number of pyridine rings is 1. The molecule has 1 aliphatic heterocycles. The lowest BCUT2D eigenvalue weighted by Crippen LogP contribution is -2.29. The number of nitrogens with one attached hydrogen (secondary N) is 2. The number of amides is 1. The van der Waals surface area contributed by atoms with Crippen molar-refractivity contribution in [2.45, 2.75) is 25.9 Å². The maximum Gasteiger partial charge on any atom is 0.221 e. The number of thiocarbonyl (C=S) groups is 1. The highest BCUT2D eigenvalue weighted by atomic mass is 79.9. The number of carbonyl (C=O) groups is 1. The number of halogens is 1. The average Bonchev–Trinajstić information content (AvgIpc) is 3.48. The highest BCUT2D eigenvalue weighted by Crippen LogP contribution is 2.44. The van der Waals surface area contributed by atoms with Gasteiger partial charge in [0.1, 0.15) is 23.3 Å². The van der Waals surface area contributed by atoms with E-state index in [1.165, 1.54) is 6.92 Å². The van der Waals surface area contributed by atoms with Crippen molar-refractivity contribution < 1.29 is 13.9 Å². The van der Waals surface area contributed by atoms with Gasteiger partial charge in [0, 0.05) is 28.8 Å². The Balaban J connectivity index is 1.61. The summed E-state index contributed by atoms with van der Waals surface area (Å²) in [6, 6.07) is 20.9. The standard InChI is InChI=1S/C28H25BrN4O3S/c1-16-7-9-19(20(29)14-16)23-11-12-25(36-23)27-26(21-6-4-5-13-30-21)32-28(37)33(27)18-8-10-24(35-3)22(15-18)31-17(2)34/h4-15,26-27H,1-3H3,(H,31,34)(H,32,37)/t26-,27+/m1/s1. The van der Waals surface area contributed by atoms with Gasteiger partial charge in [0.2, 0.25) is 5.91 Å². The van der Waals surface area contributed by atoms with E-state index in [1.54, 1.807) is 13.3 Å². The molecule has 0 unspecified atom stereocenters. The van der Waals surface area contributed by atoms with Crippen LogP contribution in [-0.2, 0) is 4.79 Å². The molecule has 0 radical (unpaired) electrons. The molecule has 2 aromatic carbocycles. The first-order valence-electron chi connectivity index (χ1n) is 11.7. The molecule has 0 spiro atoms. The largest absolute Gasteiger partial charge is 0.495 e. The molecule has 1 saturated heterocycles. The summed E-state index contributed by atoms with van der Waals surface area (Å²) in [6.45, 7) is 3.51. The number of rotatable bonds is 6. The van der Waals surface area contributed by atoms with E-state index in [-0.39, 0.29) is 18.0 Å². The van der Waals surface area contributed by atoms with Crippen LogP contribution in [0, 0.1) is 6.92 Å². The first kappa shape index (κ1) is 25.0. The zero-order valence-electron chi connectivity index (χ0n) is 20.5. The zero-order valence-corrected chi connectivity index (χ0v) is 22.9. The minimum Gasteiger partial charge on any atom is -0.495 e. The van der Waals surface area contributed by atoms with Crippen molar-refractivity contribution in [2.75, 3.05) is 17.3 Å². The van der Waals surface area contributed by atoms with Crippen molar-refractivity contribution in [1.82, 2.24) is 10.3 Å². The van der Waals surface area contributed by atoms with Crippen molar-refractivity contribution in [2.24, 2.45) is 0 Å². The number of ether oxygens (including phenoxy) is 1. The fraction of sp³-hybridized carbons (Fsp3) is 0.179. The highest BCUT2D eigenvalue weighted by Gasteiger charge is 2.42. The molecule has 4 aromatic rings. The lowest BCUT2D eigenvalue weighted by Gasteiger charge is -2.27. The summed E-state index contributed by atoms with van der Waals surface area (Å²) in [5, 5.41) is 6.79. The van der Waals surface area contributed by atoms with Crippen molar-refractivity contribution in [1.29, 1.82) is 0 Å². The van der Waals surface area contributed by atoms with Gasteiger partial charge in [-0.05, 0) is 79.3 Å². The van der Waals surface area contributed by atoms with Crippen LogP contribution < -0.4 is 20.3 Å². The fourth-order valence-corrected chi connectivity index (χ4v) is 5.57. The van der Waals surface area contributed by atoms with E-state index in [9.17, 15) is 4.79 Å². The predicted molar refractivity (Wildman–Crippen MR) is 152 cm³/mol. The average molecular weight is 578 g/mol. The topological polar surface area (TPSA) is 79.6 Å². The van der Waals surface area contributed by atoms with Crippen LogP contribution in [-0.4, -0.2) is 23.1 Å². The molecular weight excluding hydrogens is 552 g/mol. The minimum absolute atomic E-state index is 0.195. The number of aryl methyl sites for hydroxylation is 1. The fourth-order valence-electron chi connectivity index (χ4n) is 4.53. The van der Waals surface area contributed by atoms with E-state index in [2.05, 4.69) is 43.7 Å². The van der Waals surface area contributed by atoms with Crippen LogP contribution in [0.2, 0.25) is 0 Å². The Kier molecular flexibility index (Phi) is 6.99. The van der Waals surface area contributed by atoms with Gasteiger partial charge in [-0.3, -0.25) is 9.78 Å². The van der Waals surface area contributed by atoms with E-state index < -0.39 is 0 Å². The van der Waals surface area contributed by atoms with E-state index in [1.807, 2.05) is 66.4 Å². The Hall–Kier alpha value is -3.69. The number of benzene rings is 2. The number of hydrogen-bond acceptors (Lipinski definition) is 5. The molecule has 3 heterocycles. The van der Waals surface area contributed by atoms with E-state index in [4.69, 9.17) is 21.4 Å². The van der Waals surface area contributed by atoms with Crippen LogP contribution in [0.1, 0.15) is 36.0 Å². The Labute approximate surface area is 229 Å². The third-order valence-electron chi connectivity index (χ3n) is 6.18. The molecule has 2 aromatic heterocycles. The van der Waals surface area contributed by atoms with Gasteiger partial charge in [-0.25, -0.2) is 0 Å². The summed E-state index contributed by atoms with van der Waals surface area (Å²) >= 11 is 9.49. The summed E-state index contributed by atoms with van der Waals surface area (Å²) < 4.78 is 12.9. The van der Waals surface area contributed by atoms with Crippen LogP contribution in [0.15, 0.2) is 81.8 Å². The van der Waals surface area contributed by atoms with Crippen LogP contribution in [0.5, 0.6) is 5.75 Å². The quantitative estimate of drug-likeness (QED) is 0.252. The summed E-state index contributed by atoms with van der Waals surface area (Å²) in [4.78, 5) is 18.4. The van der Waals surface area contributed by atoms with E-state index >= 15 is 0 Å². The van der Waals surface area contributed by atoms with Gasteiger partial charge < -0.3 is 24.7 Å². The highest BCUT2D eigenvalue weighted by molar-refractivity contribution is 9.10. The molecule has 2 atom stereocenters. The van der Waals surface area contributed by atoms with Crippen molar-refractivity contribution in [3.63, 3.8) is 0 Å². The number of carbonyl (C=O) groups excluding carboxylic acids is 1. The summed E-state index contributed by atoms with van der Waals surface area (Å²) in [5.74, 6) is 1.83. The Bertz CT molecular complexity index is 1470. The zero-order chi connectivity index (χ0) is 26.1. The van der Waals surface area contributed by atoms with Crippen molar-refractivity contribution in [3.05, 3.63) is 94.4 Å². The maximum atomic E-state index is 11.8. The van der Waals surface area contributed by atoms with Gasteiger partial charge in [0.05, 0.1) is 24.5 Å². The molecule has 0 saturated carbocycles. The lowest BCUT2D eigenvalue weighted by atomic mass is 10.0. The molecule has 1 amide bonds. The van der Waals surface area contributed by atoms with Crippen molar-refractivity contribution in [3.8, 4) is 17.1 Å². The summed E-state index contributed by atoms with van der Waals surface area (Å²) in [5.41, 5.74) is 4.29. The molecular formula is C28H25BrN4O3S. The van der Waals surface area contributed by atoms with Crippen molar-refractivity contribution >= 4 is 50.5 Å². The number of hydrogen-bond donors (Lipinski definition) is 2. The second kappa shape index (κ2) is 10.4. The number of anilines is 2. The molecule has 1 aliphatic rings. The monoisotopic (exact) mass is 576 g/mol. The Morgan fingerprint density at radius 2 is 2.00 bits per heavy atom. The van der Waals surface area contributed by atoms with Crippen LogP contribution >= 0.6 is 28.1 Å². The minimum atomic E-state index is -0.334. The van der Waals surface area contributed by atoms with Gasteiger partial charge in [-0.2, -0.15) is 0 Å². The third-order valence-corrected chi connectivity index (χ3v) is 7.15. The number of aromatic nitrogens is 1. The number of nitrogens with zero attached hydrogens (tertiary/aromatic N) is 2. The lowest BCUT2D eigenvalue weighted by molar-refractivity contribution is -0.114. The maximum absolute atomic E-state index is 11.8. The SMILES string of the molecule is COc1ccc(N2C(=S)N[C@H](c3ccccn3)[C@@H]2c2ccc(-c3ccc(C)cc3Br)o2)cc1NC(C)=O. The number of furan rings is 1. The van der Waals surface area contributed by atoms with Crippen LogP contribution in [0.25, 0.3) is 11.3 Å². The first-order chi connectivity index (χ1) is 17.9. The van der Waals surface area contributed by atoms with Crippen LogP contribution in [0.4, 0.5) is 11.4 Å². The second-order valence-corrected chi connectivity index (χ2v) is 9.99. The Morgan fingerprint density at radius 3 is 2.70 bits per heavy atom. The molecule has 188 valence electrons. The third kappa shape index (κ3) is 4.97. The molecule has 1 fully saturated rings. The second-order valence-electron chi connectivity index (χ2n) is 8.75. The number of methoxy groups -OCH3 is 1. The van der Waals surface area contributed by atoms with E-state index in [0.29, 0.717) is 16.5 Å². The summed E-state index contributed by atoms with van der Waals surface area (Å²) in [6.07, 6.45) is 1.76. The molecule has 5 rings (SSSR count). The van der Waals surface area contributed by atoms with Gasteiger partial charge in [-0.15, -0.1) is 0 Å². The summed E-state index contributed by atoms with van der Waals surface area (Å²) in [7, 11) is 1.57.